The summed E-state index contributed by atoms with van der Waals surface area (Å²) in [5, 5.41) is 5.58. The Bertz CT molecular complexity index is 1390. The third-order valence-corrected chi connectivity index (χ3v) is 7.22. The van der Waals surface area contributed by atoms with Gasteiger partial charge in [0.05, 0.1) is 0 Å². The van der Waals surface area contributed by atoms with E-state index in [1.165, 1.54) is 4.90 Å². The highest BCUT2D eigenvalue weighted by Gasteiger charge is 2.39. The topological polar surface area (TPSA) is 114 Å². The number of esters is 1. The van der Waals surface area contributed by atoms with Crippen molar-refractivity contribution in [3.63, 3.8) is 0 Å². The molecule has 232 valence electrons. The van der Waals surface area contributed by atoms with E-state index in [0.717, 1.165) is 16.7 Å². The molecule has 1 heterocycles. The molecule has 9 nitrogen and oxygen atoms in total. The van der Waals surface area contributed by atoms with Gasteiger partial charge in [-0.1, -0.05) is 91.0 Å². The number of hydrogen-bond acceptors (Lipinski definition) is 6. The predicted octanol–water partition coefficient (Wildman–Crippen LogP) is 4.58. The fourth-order valence-electron chi connectivity index (χ4n) is 5.13. The molecule has 4 rings (SSSR count). The zero-order valence-corrected chi connectivity index (χ0v) is 25.5. The third-order valence-electron chi connectivity index (χ3n) is 7.22. The highest BCUT2D eigenvalue weighted by Crippen LogP contribution is 2.22. The van der Waals surface area contributed by atoms with E-state index >= 15 is 0 Å². The molecular weight excluding hydrogens is 558 g/mol. The standard InChI is InChI=1S/C35H41N3O6/c1-35(2,3)44-34(42)37-28(22-25-14-7-4-8-15-25)31(39)36-29(23-26-16-9-5-10-17-26)32(40)38-21-13-20-30(38)33(41)43-24-27-18-11-6-12-19-27/h4-12,14-19,28-30H,13,20-24H2,1-3H3,(H,36,39)(H,37,42)/t28-,29+,30-/m1/s1. The molecular formula is C35H41N3O6. The molecule has 1 aliphatic rings. The van der Waals surface area contributed by atoms with E-state index in [-0.39, 0.29) is 25.4 Å². The Morgan fingerprint density at radius 2 is 1.30 bits per heavy atom. The van der Waals surface area contributed by atoms with E-state index in [2.05, 4.69) is 10.6 Å². The van der Waals surface area contributed by atoms with E-state index in [1.54, 1.807) is 20.8 Å². The molecule has 3 amide bonds. The second-order valence-corrected chi connectivity index (χ2v) is 11.9. The van der Waals surface area contributed by atoms with Crippen molar-refractivity contribution in [1.29, 1.82) is 0 Å². The van der Waals surface area contributed by atoms with Crippen LogP contribution < -0.4 is 10.6 Å². The van der Waals surface area contributed by atoms with Crippen LogP contribution in [0.15, 0.2) is 91.0 Å². The maximum Gasteiger partial charge on any atom is 0.408 e. The lowest BCUT2D eigenvalue weighted by Crippen LogP contribution is -2.57. The number of benzene rings is 3. The summed E-state index contributed by atoms with van der Waals surface area (Å²) < 4.78 is 11.0. The van der Waals surface area contributed by atoms with Crippen molar-refractivity contribution in [3.05, 3.63) is 108 Å². The van der Waals surface area contributed by atoms with Crippen LogP contribution in [0.1, 0.15) is 50.3 Å². The first kappa shape index (κ1) is 32.3. The van der Waals surface area contributed by atoms with Crippen LogP contribution >= 0.6 is 0 Å². The Labute approximate surface area is 258 Å². The van der Waals surface area contributed by atoms with E-state index in [9.17, 15) is 19.2 Å². The van der Waals surface area contributed by atoms with Crippen molar-refractivity contribution >= 4 is 23.9 Å². The molecule has 0 aromatic heterocycles. The summed E-state index contributed by atoms with van der Waals surface area (Å²) in [7, 11) is 0. The van der Waals surface area contributed by atoms with Crippen molar-refractivity contribution in [3.8, 4) is 0 Å². The second-order valence-electron chi connectivity index (χ2n) is 11.9. The van der Waals surface area contributed by atoms with Crippen molar-refractivity contribution < 1.29 is 28.7 Å². The summed E-state index contributed by atoms with van der Waals surface area (Å²) in [5.74, 6) is -1.38. The number of alkyl carbamates (subject to hydrolysis) is 1. The maximum absolute atomic E-state index is 14.1. The molecule has 0 radical (unpaired) electrons. The molecule has 1 fully saturated rings. The van der Waals surface area contributed by atoms with Gasteiger partial charge in [-0.3, -0.25) is 9.59 Å². The number of carbonyl (C=O) groups is 4. The maximum atomic E-state index is 14.1. The number of likely N-dealkylation sites (tertiary alicyclic amines) is 1. The number of ether oxygens (including phenoxy) is 2. The largest absolute Gasteiger partial charge is 0.459 e. The lowest BCUT2D eigenvalue weighted by Gasteiger charge is -2.30. The molecule has 1 aliphatic heterocycles. The average Bonchev–Trinajstić information content (AvgIpc) is 3.50. The fraction of sp³-hybridized carbons (Fsp3) is 0.371. The molecule has 0 spiro atoms. The van der Waals surface area contributed by atoms with Crippen LogP contribution in [0.3, 0.4) is 0 Å². The molecule has 3 aromatic carbocycles. The van der Waals surface area contributed by atoms with Gasteiger partial charge >= 0.3 is 12.1 Å². The van der Waals surface area contributed by atoms with E-state index < -0.39 is 41.7 Å². The van der Waals surface area contributed by atoms with Gasteiger partial charge in [0.1, 0.15) is 30.3 Å². The highest BCUT2D eigenvalue weighted by atomic mass is 16.6. The third kappa shape index (κ3) is 9.69. The smallest absolute Gasteiger partial charge is 0.408 e. The first-order valence-corrected chi connectivity index (χ1v) is 15.0. The summed E-state index contributed by atoms with van der Waals surface area (Å²) in [6, 6.07) is 25.3. The van der Waals surface area contributed by atoms with E-state index in [1.807, 2.05) is 91.0 Å². The van der Waals surface area contributed by atoms with E-state index in [0.29, 0.717) is 19.4 Å². The van der Waals surface area contributed by atoms with Gasteiger partial charge in [-0.25, -0.2) is 9.59 Å². The van der Waals surface area contributed by atoms with Crippen molar-refractivity contribution in [2.75, 3.05) is 6.54 Å². The van der Waals surface area contributed by atoms with Gasteiger partial charge in [-0.2, -0.15) is 0 Å². The normalized spacial score (nSPS) is 16.0. The summed E-state index contributed by atoms with van der Waals surface area (Å²) in [4.78, 5) is 55.2. The number of nitrogens with one attached hydrogen (secondary N) is 2. The molecule has 0 saturated carbocycles. The van der Waals surface area contributed by atoms with Crippen LogP contribution in [0.25, 0.3) is 0 Å². The van der Waals surface area contributed by atoms with Gasteiger partial charge in [-0.05, 0) is 50.3 Å². The Morgan fingerprint density at radius 1 is 0.773 bits per heavy atom. The van der Waals surface area contributed by atoms with Crippen LogP contribution in [0.5, 0.6) is 0 Å². The zero-order valence-electron chi connectivity index (χ0n) is 25.5. The SMILES string of the molecule is CC(C)(C)OC(=O)N[C@H](Cc1ccccc1)C(=O)N[C@@H](Cc1ccccc1)C(=O)N1CCC[C@@H]1C(=O)OCc1ccccc1. The number of amides is 3. The van der Waals surface area contributed by atoms with Gasteiger partial charge in [0.25, 0.3) is 0 Å². The lowest BCUT2D eigenvalue weighted by atomic mass is 10.0. The molecule has 0 aliphatic carbocycles. The summed E-state index contributed by atoms with van der Waals surface area (Å²) in [6.45, 7) is 5.70. The van der Waals surface area contributed by atoms with Gasteiger partial charge in [-0.15, -0.1) is 0 Å². The molecule has 0 bridgehead atoms. The molecule has 3 aromatic rings. The quantitative estimate of drug-likeness (QED) is 0.312. The van der Waals surface area contributed by atoms with Gasteiger partial charge in [0.15, 0.2) is 0 Å². The molecule has 3 atom stereocenters. The fourth-order valence-corrected chi connectivity index (χ4v) is 5.13. The number of rotatable bonds is 11. The Balaban J connectivity index is 1.53. The van der Waals surface area contributed by atoms with Crippen LogP contribution in [0, 0.1) is 0 Å². The lowest BCUT2D eigenvalue weighted by molar-refractivity contribution is -0.155. The van der Waals surface area contributed by atoms with Gasteiger partial charge in [0, 0.05) is 19.4 Å². The molecule has 44 heavy (non-hydrogen) atoms. The molecule has 1 saturated heterocycles. The van der Waals surface area contributed by atoms with Crippen LogP contribution in [-0.2, 0) is 43.3 Å². The summed E-state index contributed by atoms with van der Waals surface area (Å²) in [6.07, 6.45) is 0.774. The Morgan fingerprint density at radius 3 is 1.84 bits per heavy atom. The minimum Gasteiger partial charge on any atom is -0.459 e. The minimum absolute atomic E-state index is 0.111. The number of nitrogens with zero attached hydrogens (tertiary/aromatic N) is 1. The Kier molecular flexibility index (Phi) is 11.1. The van der Waals surface area contributed by atoms with Gasteiger partial charge < -0.3 is 25.0 Å². The second kappa shape index (κ2) is 15.2. The van der Waals surface area contributed by atoms with E-state index in [4.69, 9.17) is 9.47 Å². The molecule has 0 unspecified atom stereocenters. The van der Waals surface area contributed by atoms with Crippen molar-refractivity contribution in [2.24, 2.45) is 0 Å². The molecule has 2 N–H and O–H groups in total. The number of hydrogen-bond donors (Lipinski definition) is 2. The number of carbonyl (C=O) groups excluding carboxylic acids is 4. The van der Waals surface area contributed by atoms with Crippen molar-refractivity contribution in [2.45, 2.75) is 76.8 Å². The summed E-state index contributed by atoms with van der Waals surface area (Å²) in [5.41, 5.74) is 1.76. The first-order valence-electron chi connectivity index (χ1n) is 15.0. The first-order chi connectivity index (χ1) is 21.1. The summed E-state index contributed by atoms with van der Waals surface area (Å²) >= 11 is 0. The van der Waals surface area contributed by atoms with Crippen molar-refractivity contribution in [1.82, 2.24) is 15.5 Å². The monoisotopic (exact) mass is 599 g/mol. The molecule has 9 heteroatoms. The predicted molar refractivity (Wildman–Crippen MR) is 166 cm³/mol. The zero-order chi connectivity index (χ0) is 31.5. The van der Waals surface area contributed by atoms with Crippen LogP contribution in [0.4, 0.5) is 4.79 Å². The average molecular weight is 600 g/mol. The Hall–Kier alpha value is -4.66. The highest BCUT2D eigenvalue weighted by molar-refractivity contribution is 5.93. The van der Waals surface area contributed by atoms with Crippen LogP contribution in [0.2, 0.25) is 0 Å². The minimum atomic E-state index is -1.01. The van der Waals surface area contributed by atoms with Crippen LogP contribution in [-0.4, -0.2) is 59.0 Å². The van der Waals surface area contributed by atoms with Gasteiger partial charge in [0.2, 0.25) is 11.8 Å².